The standard InChI is InChI=1S/C22H20N2O2S/c1-16-9-5-6-12-18(16)21(25)24-22(27)23-19-13-7-8-14-20(19)26-15-17-10-3-2-4-11-17/h2-14H,15H2,1H3,(H2,23,24,25,27). The summed E-state index contributed by atoms with van der Waals surface area (Å²) in [7, 11) is 0. The number of thiocarbonyl (C=S) groups is 1. The lowest BCUT2D eigenvalue weighted by Crippen LogP contribution is -2.34. The molecule has 0 fully saturated rings. The molecule has 3 aromatic carbocycles. The predicted octanol–water partition coefficient (Wildman–Crippen LogP) is 4.70. The molecule has 0 bridgehead atoms. The van der Waals surface area contributed by atoms with Crippen LogP contribution in [0.3, 0.4) is 0 Å². The van der Waals surface area contributed by atoms with Gasteiger partial charge in [-0.3, -0.25) is 10.1 Å². The third kappa shape index (κ3) is 5.15. The summed E-state index contributed by atoms with van der Waals surface area (Å²) < 4.78 is 5.90. The van der Waals surface area contributed by atoms with E-state index >= 15 is 0 Å². The SMILES string of the molecule is Cc1ccccc1C(=O)NC(=S)Nc1ccccc1OCc1ccccc1. The molecule has 0 aromatic heterocycles. The van der Waals surface area contributed by atoms with Gasteiger partial charge in [-0.2, -0.15) is 0 Å². The van der Waals surface area contributed by atoms with Gasteiger partial charge in [0, 0.05) is 5.56 Å². The summed E-state index contributed by atoms with van der Waals surface area (Å²) in [4.78, 5) is 12.4. The second kappa shape index (κ2) is 8.96. The first-order valence-corrected chi connectivity index (χ1v) is 8.98. The molecule has 0 aliphatic carbocycles. The summed E-state index contributed by atoms with van der Waals surface area (Å²) in [6.07, 6.45) is 0. The minimum absolute atomic E-state index is 0.221. The van der Waals surface area contributed by atoms with E-state index in [0.717, 1.165) is 11.1 Å². The van der Waals surface area contributed by atoms with Crippen LogP contribution in [0.2, 0.25) is 0 Å². The number of aryl methyl sites for hydroxylation is 1. The van der Waals surface area contributed by atoms with Crippen molar-refractivity contribution in [2.24, 2.45) is 0 Å². The highest BCUT2D eigenvalue weighted by atomic mass is 32.1. The normalized spacial score (nSPS) is 10.1. The van der Waals surface area contributed by atoms with E-state index in [-0.39, 0.29) is 11.0 Å². The number of carbonyl (C=O) groups is 1. The molecule has 1 amide bonds. The number of nitrogens with one attached hydrogen (secondary N) is 2. The first-order valence-electron chi connectivity index (χ1n) is 8.57. The second-order valence-corrected chi connectivity index (χ2v) is 6.40. The first kappa shape index (κ1) is 18.6. The average Bonchev–Trinajstić information content (AvgIpc) is 2.68. The van der Waals surface area contributed by atoms with Crippen LogP contribution in [-0.4, -0.2) is 11.0 Å². The predicted molar refractivity (Wildman–Crippen MR) is 112 cm³/mol. The van der Waals surface area contributed by atoms with E-state index in [0.29, 0.717) is 23.6 Å². The molecule has 136 valence electrons. The fourth-order valence-electron chi connectivity index (χ4n) is 2.58. The van der Waals surface area contributed by atoms with Gasteiger partial charge in [-0.1, -0.05) is 60.7 Å². The number of benzene rings is 3. The van der Waals surface area contributed by atoms with Crippen molar-refractivity contribution in [1.82, 2.24) is 5.32 Å². The number of carbonyl (C=O) groups excluding carboxylic acids is 1. The number of rotatable bonds is 5. The van der Waals surface area contributed by atoms with E-state index in [9.17, 15) is 4.79 Å². The molecule has 0 radical (unpaired) electrons. The highest BCUT2D eigenvalue weighted by Gasteiger charge is 2.11. The minimum Gasteiger partial charge on any atom is -0.487 e. The molecule has 0 unspecified atom stereocenters. The Kier molecular flexibility index (Phi) is 6.18. The largest absolute Gasteiger partial charge is 0.487 e. The Balaban J connectivity index is 1.64. The van der Waals surface area contributed by atoms with Crippen LogP contribution < -0.4 is 15.4 Å². The van der Waals surface area contributed by atoms with E-state index in [1.807, 2.05) is 79.7 Å². The summed E-state index contributed by atoms with van der Waals surface area (Å²) in [6.45, 7) is 2.33. The fraction of sp³-hybridized carbons (Fsp3) is 0.0909. The third-order valence-electron chi connectivity index (χ3n) is 3.99. The summed E-state index contributed by atoms with van der Waals surface area (Å²) in [5.41, 5.74) is 3.26. The van der Waals surface area contributed by atoms with Crippen molar-refractivity contribution in [1.29, 1.82) is 0 Å². The Morgan fingerprint density at radius 3 is 2.37 bits per heavy atom. The van der Waals surface area contributed by atoms with Crippen LogP contribution in [0.25, 0.3) is 0 Å². The van der Waals surface area contributed by atoms with Crippen molar-refractivity contribution in [2.45, 2.75) is 13.5 Å². The van der Waals surface area contributed by atoms with Crippen molar-refractivity contribution in [3.05, 3.63) is 95.6 Å². The molecule has 5 heteroatoms. The van der Waals surface area contributed by atoms with Crippen LogP contribution in [0, 0.1) is 6.92 Å². The summed E-state index contributed by atoms with van der Waals surface area (Å²) in [6, 6.07) is 24.8. The molecule has 0 heterocycles. The lowest BCUT2D eigenvalue weighted by molar-refractivity contribution is 0.0977. The molecule has 0 saturated carbocycles. The third-order valence-corrected chi connectivity index (χ3v) is 4.19. The smallest absolute Gasteiger partial charge is 0.257 e. The maximum absolute atomic E-state index is 12.4. The quantitative estimate of drug-likeness (QED) is 0.634. The molecular formula is C22H20N2O2S. The molecule has 2 N–H and O–H groups in total. The van der Waals surface area contributed by atoms with Crippen LogP contribution in [0.4, 0.5) is 5.69 Å². The number of amides is 1. The number of anilines is 1. The fourth-order valence-corrected chi connectivity index (χ4v) is 2.79. The zero-order valence-corrected chi connectivity index (χ0v) is 15.8. The Hall–Kier alpha value is -3.18. The molecule has 4 nitrogen and oxygen atoms in total. The van der Waals surface area contributed by atoms with E-state index in [1.165, 1.54) is 0 Å². The Labute approximate surface area is 164 Å². The minimum atomic E-state index is -0.242. The molecule has 0 atom stereocenters. The van der Waals surface area contributed by atoms with Crippen LogP contribution in [0.1, 0.15) is 21.5 Å². The number of ether oxygens (including phenoxy) is 1. The van der Waals surface area contributed by atoms with Gasteiger partial charge in [0.2, 0.25) is 0 Å². The number of hydrogen-bond donors (Lipinski definition) is 2. The van der Waals surface area contributed by atoms with Crippen molar-refractivity contribution < 1.29 is 9.53 Å². The molecule has 3 aromatic rings. The molecule has 3 rings (SSSR count). The van der Waals surface area contributed by atoms with Gasteiger partial charge >= 0.3 is 0 Å². The molecule has 0 aliphatic rings. The number of para-hydroxylation sites is 2. The maximum Gasteiger partial charge on any atom is 0.257 e. The second-order valence-electron chi connectivity index (χ2n) is 5.99. The van der Waals surface area contributed by atoms with Crippen LogP contribution in [0.15, 0.2) is 78.9 Å². The molecule has 0 saturated heterocycles. The van der Waals surface area contributed by atoms with E-state index in [4.69, 9.17) is 17.0 Å². The Morgan fingerprint density at radius 2 is 1.59 bits per heavy atom. The van der Waals surface area contributed by atoms with Crippen molar-refractivity contribution in [2.75, 3.05) is 5.32 Å². The zero-order valence-electron chi connectivity index (χ0n) is 14.9. The van der Waals surface area contributed by atoms with Gasteiger partial charge in [-0.25, -0.2) is 0 Å². The average molecular weight is 376 g/mol. The number of hydrogen-bond acceptors (Lipinski definition) is 3. The maximum atomic E-state index is 12.4. The van der Waals surface area contributed by atoms with Gasteiger partial charge in [-0.05, 0) is 48.5 Å². The van der Waals surface area contributed by atoms with E-state index < -0.39 is 0 Å². The monoisotopic (exact) mass is 376 g/mol. The van der Waals surface area contributed by atoms with Gasteiger partial charge in [0.25, 0.3) is 5.91 Å². The highest BCUT2D eigenvalue weighted by Crippen LogP contribution is 2.24. The van der Waals surface area contributed by atoms with Gasteiger partial charge in [0.05, 0.1) is 5.69 Å². The van der Waals surface area contributed by atoms with Crippen LogP contribution in [-0.2, 0) is 6.61 Å². The van der Waals surface area contributed by atoms with Gasteiger partial charge in [0.15, 0.2) is 5.11 Å². The molecule has 0 spiro atoms. The zero-order chi connectivity index (χ0) is 19.1. The van der Waals surface area contributed by atoms with E-state index in [1.54, 1.807) is 6.07 Å². The molecule has 27 heavy (non-hydrogen) atoms. The Morgan fingerprint density at radius 1 is 0.926 bits per heavy atom. The van der Waals surface area contributed by atoms with Crippen molar-refractivity contribution >= 4 is 28.9 Å². The van der Waals surface area contributed by atoms with Gasteiger partial charge in [0.1, 0.15) is 12.4 Å². The molecular weight excluding hydrogens is 356 g/mol. The summed E-state index contributed by atoms with van der Waals surface area (Å²) in [5.74, 6) is 0.419. The summed E-state index contributed by atoms with van der Waals surface area (Å²) in [5, 5.41) is 5.98. The topological polar surface area (TPSA) is 50.4 Å². The van der Waals surface area contributed by atoms with Crippen LogP contribution in [0.5, 0.6) is 5.75 Å². The van der Waals surface area contributed by atoms with Gasteiger partial charge in [-0.15, -0.1) is 0 Å². The lowest BCUT2D eigenvalue weighted by atomic mass is 10.1. The highest BCUT2D eigenvalue weighted by molar-refractivity contribution is 7.80. The first-order chi connectivity index (χ1) is 13.1. The van der Waals surface area contributed by atoms with Gasteiger partial charge < -0.3 is 10.1 Å². The van der Waals surface area contributed by atoms with Crippen LogP contribution >= 0.6 is 12.2 Å². The summed E-state index contributed by atoms with van der Waals surface area (Å²) >= 11 is 5.29. The lowest BCUT2D eigenvalue weighted by Gasteiger charge is -2.15. The van der Waals surface area contributed by atoms with Crippen molar-refractivity contribution in [3.63, 3.8) is 0 Å². The van der Waals surface area contributed by atoms with E-state index in [2.05, 4.69) is 10.6 Å². The molecule has 0 aliphatic heterocycles. The van der Waals surface area contributed by atoms with Crippen molar-refractivity contribution in [3.8, 4) is 5.75 Å². The Bertz CT molecular complexity index is 942.